The Balaban J connectivity index is 2.05. The highest BCUT2D eigenvalue weighted by atomic mass is 14.2. The van der Waals surface area contributed by atoms with Gasteiger partial charge in [-0.1, -0.05) is 105 Å². The Morgan fingerprint density at radius 1 is 0.720 bits per heavy atom. The largest absolute Gasteiger partial charge is 0.0806 e. The first-order valence-corrected chi connectivity index (χ1v) is 9.24. The lowest BCUT2D eigenvalue weighted by molar-refractivity contribution is 0.567. The molecule has 122 valence electrons. The van der Waals surface area contributed by atoms with Gasteiger partial charge in [-0.3, -0.25) is 0 Å². The predicted octanol–water partition coefficient (Wildman–Crippen LogP) is 6.72. The fourth-order valence-electron chi connectivity index (χ4n) is 3.95. The summed E-state index contributed by atoms with van der Waals surface area (Å²) in [6.07, 6.45) is 3.35. The molecule has 0 aliphatic carbocycles. The standard InChI is InChI=1S/C24H23B/c1-3-4-15-24(2,25)17-13-14-22-20-11-6-5-9-18(20)19-10-7-8-12-21(19)23(22)16-17/h5-14,16H,3-4,15H2,1-2H3. The molecule has 0 aliphatic heterocycles. The molecule has 0 fully saturated rings. The molecule has 0 aromatic heterocycles. The Kier molecular flexibility index (Phi) is 4.03. The van der Waals surface area contributed by atoms with Gasteiger partial charge < -0.3 is 0 Å². The average Bonchev–Trinajstić information content (AvgIpc) is 2.66. The van der Waals surface area contributed by atoms with Gasteiger partial charge in [-0.2, -0.15) is 0 Å². The van der Waals surface area contributed by atoms with Crippen molar-refractivity contribution in [2.24, 2.45) is 0 Å². The third-order valence-corrected chi connectivity index (χ3v) is 5.45. The molecule has 25 heavy (non-hydrogen) atoms. The van der Waals surface area contributed by atoms with Crippen LogP contribution >= 0.6 is 0 Å². The molecular weight excluding hydrogens is 299 g/mol. The van der Waals surface area contributed by atoms with Crippen LogP contribution in [0, 0.1) is 0 Å². The normalized spacial score (nSPS) is 14.2. The monoisotopic (exact) mass is 322 g/mol. The van der Waals surface area contributed by atoms with Crippen LogP contribution in [0.5, 0.6) is 0 Å². The molecule has 0 amide bonds. The van der Waals surface area contributed by atoms with Gasteiger partial charge in [-0.05, 0) is 37.6 Å². The highest BCUT2D eigenvalue weighted by Crippen LogP contribution is 2.37. The van der Waals surface area contributed by atoms with E-state index in [1.165, 1.54) is 44.3 Å². The molecular formula is C24H23B. The third kappa shape index (κ3) is 2.72. The first-order valence-electron chi connectivity index (χ1n) is 9.24. The second-order valence-electron chi connectivity index (χ2n) is 7.37. The number of hydrogen-bond acceptors (Lipinski definition) is 0. The van der Waals surface area contributed by atoms with Gasteiger partial charge in [0.1, 0.15) is 0 Å². The van der Waals surface area contributed by atoms with Crippen LogP contribution in [-0.2, 0) is 5.31 Å². The van der Waals surface area contributed by atoms with Crippen molar-refractivity contribution in [1.82, 2.24) is 0 Å². The first-order chi connectivity index (χ1) is 12.1. The minimum atomic E-state index is -0.281. The van der Waals surface area contributed by atoms with E-state index >= 15 is 0 Å². The molecule has 4 aromatic rings. The van der Waals surface area contributed by atoms with Crippen molar-refractivity contribution in [3.63, 3.8) is 0 Å². The lowest BCUT2D eigenvalue weighted by Gasteiger charge is -2.26. The Bertz CT molecular complexity index is 1020. The first kappa shape index (κ1) is 16.2. The zero-order chi connectivity index (χ0) is 17.4. The van der Waals surface area contributed by atoms with E-state index in [0.29, 0.717) is 0 Å². The molecule has 0 saturated heterocycles. The van der Waals surface area contributed by atoms with Crippen LogP contribution in [0.1, 0.15) is 38.7 Å². The summed E-state index contributed by atoms with van der Waals surface area (Å²) in [6.45, 7) is 4.38. The van der Waals surface area contributed by atoms with E-state index in [2.05, 4.69) is 80.6 Å². The zero-order valence-corrected chi connectivity index (χ0v) is 15.0. The number of hydrogen-bond donors (Lipinski definition) is 0. The van der Waals surface area contributed by atoms with Crippen LogP contribution in [0.15, 0.2) is 66.7 Å². The molecule has 2 radical (unpaired) electrons. The maximum atomic E-state index is 6.67. The van der Waals surface area contributed by atoms with Gasteiger partial charge in [0, 0.05) is 0 Å². The lowest BCUT2D eigenvalue weighted by Crippen LogP contribution is -2.21. The van der Waals surface area contributed by atoms with Crippen LogP contribution in [-0.4, -0.2) is 7.85 Å². The molecule has 0 nitrogen and oxygen atoms in total. The minimum Gasteiger partial charge on any atom is -0.0654 e. The smallest absolute Gasteiger partial charge is 0.0654 e. The van der Waals surface area contributed by atoms with Crippen LogP contribution in [0.25, 0.3) is 32.3 Å². The van der Waals surface area contributed by atoms with Crippen molar-refractivity contribution in [1.29, 1.82) is 0 Å². The summed E-state index contributed by atoms with van der Waals surface area (Å²) in [6, 6.07) is 24.2. The van der Waals surface area contributed by atoms with Crippen LogP contribution < -0.4 is 0 Å². The van der Waals surface area contributed by atoms with Gasteiger partial charge in [0.2, 0.25) is 0 Å². The van der Waals surface area contributed by atoms with Gasteiger partial charge >= 0.3 is 0 Å². The highest BCUT2D eigenvalue weighted by Gasteiger charge is 2.20. The molecule has 0 aliphatic rings. The van der Waals surface area contributed by atoms with E-state index in [1.54, 1.807) is 0 Å². The number of benzene rings is 4. The summed E-state index contributed by atoms with van der Waals surface area (Å²) in [5.74, 6) is 0. The summed E-state index contributed by atoms with van der Waals surface area (Å²) < 4.78 is 0. The third-order valence-electron chi connectivity index (χ3n) is 5.45. The molecule has 4 rings (SSSR count). The summed E-state index contributed by atoms with van der Waals surface area (Å²) in [5, 5.41) is 7.59. The molecule has 0 N–H and O–H groups in total. The molecule has 4 aromatic carbocycles. The Morgan fingerprint density at radius 3 is 1.72 bits per heavy atom. The second kappa shape index (κ2) is 6.22. The summed E-state index contributed by atoms with van der Waals surface area (Å²) in [5.41, 5.74) is 1.23. The van der Waals surface area contributed by atoms with Crippen molar-refractivity contribution < 1.29 is 0 Å². The molecule has 1 heteroatoms. The quantitative estimate of drug-likeness (QED) is 0.289. The van der Waals surface area contributed by atoms with Crippen molar-refractivity contribution in [3.8, 4) is 0 Å². The molecule has 1 unspecified atom stereocenters. The lowest BCUT2D eigenvalue weighted by atomic mass is 9.62. The van der Waals surface area contributed by atoms with Gasteiger partial charge in [0.15, 0.2) is 0 Å². The second-order valence-corrected chi connectivity index (χ2v) is 7.37. The maximum Gasteiger partial charge on any atom is 0.0806 e. The molecule has 0 bridgehead atoms. The topological polar surface area (TPSA) is 0 Å². The van der Waals surface area contributed by atoms with E-state index in [-0.39, 0.29) is 5.31 Å². The van der Waals surface area contributed by atoms with E-state index in [9.17, 15) is 0 Å². The fourth-order valence-corrected chi connectivity index (χ4v) is 3.95. The van der Waals surface area contributed by atoms with E-state index < -0.39 is 0 Å². The zero-order valence-electron chi connectivity index (χ0n) is 15.0. The molecule has 0 heterocycles. The van der Waals surface area contributed by atoms with Gasteiger partial charge in [-0.15, -0.1) is 0 Å². The predicted molar refractivity (Wildman–Crippen MR) is 112 cm³/mol. The number of fused-ring (bicyclic) bond motifs is 6. The van der Waals surface area contributed by atoms with Crippen LogP contribution in [0.2, 0.25) is 0 Å². The van der Waals surface area contributed by atoms with E-state index in [0.717, 1.165) is 12.8 Å². The average molecular weight is 322 g/mol. The Labute approximate surface area is 151 Å². The summed E-state index contributed by atoms with van der Waals surface area (Å²) >= 11 is 0. The molecule has 0 spiro atoms. The maximum absolute atomic E-state index is 6.67. The fraction of sp³-hybridized carbons (Fsp3) is 0.250. The van der Waals surface area contributed by atoms with Crippen molar-refractivity contribution in [3.05, 3.63) is 72.3 Å². The number of rotatable bonds is 4. The van der Waals surface area contributed by atoms with E-state index in [1.807, 2.05) is 0 Å². The molecule has 1 atom stereocenters. The Hall–Kier alpha value is -2.28. The Morgan fingerprint density at radius 2 is 1.20 bits per heavy atom. The van der Waals surface area contributed by atoms with Gasteiger partial charge in [0.25, 0.3) is 0 Å². The van der Waals surface area contributed by atoms with Crippen LogP contribution in [0.4, 0.5) is 0 Å². The van der Waals surface area contributed by atoms with Gasteiger partial charge in [0.05, 0.1) is 7.85 Å². The van der Waals surface area contributed by atoms with Gasteiger partial charge in [-0.25, -0.2) is 0 Å². The number of unbranched alkanes of at least 4 members (excludes halogenated alkanes) is 1. The SMILES string of the molecule is [B]C(C)(CCCC)c1ccc2c3ccccc3c3ccccc3c2c1. The molecule has 0 saturated carbocycles. The van der Waals surface area contributed by atoms with Crippen LogP contribution in [0.3, 0.4) is 0 Å². The minimum absolute atomic E-state index is 0.281. The summed E-state index contributed by atoms with van der Waals surface area (Å²) in [7, 11) is 6.67. The van der Waals surface area contributed by atoms with Crippen molar-refractivity contribution in [2.75, 3.05) is 0 Å². The van der Waals surface area contributed by atoms with E-state index in [4.69, 9.17) is 7.85 Å². The van der Waals surface area contributed by atoms with Crippen molar-refractivity contribution in [2.45, 2.75) is 38.4 Å². The highest BCUT2D eigenvalue weighted by molar-refractivity contribution is 6.25. The van der Waals surface area contributed by atoms with Crippen molar-refractivity contribution >= 4 is 40.2 Å². The summed E-state index contributed by atoms with van der Waals surface area (Å²) in [4.78, 5) is 0.